The molecule has 1 N–H and O–H groups in total. The highest BCUT2D eigenvalue weighted by molar-refractivity contribution is 6.31. The molecule has 1 aromatic heterocycles. The van der Waals surface area contributed by atoms with Crippen molar-refractivity contribution in [2.24, 2.45) is 7.05 Å². The average molecular weight is 312 g/mol. The molecule has 112 valence electrons. The molecule has 0 saturated heterocycles. The third-order valence-corrected chi connectivity index (χ3v) is 3.25. The maximum atomic E-state index is 13.8. The predicted octanol–water partition coefficient (Wildman–Crippen LogP) is 3.00. The van der Waals surface area contributed by atoms with Crippen molar-refractivity contribution in [2.45, 2.75) is 13.5 Å². The van der Waals surface area contributed by atoms with Gasteiger partial charge in [-0.3, -0.25) is 4.68 Å². The lowest BCUT2D eigenvalue weighted by Crippen LogP contribution is -2.12. The number of rotatable bonds is 5. The lowest BCUT2D eigenvalue weighted by molar-refractivity contribution is 0.0525. The summed E-state index contributed by atoms with van der Waals surface area (Å²) < 4.78 is 20.3. The van der Waals surface area contributed by atoms with Crippen LogP contribution in [-0.4, -0.2) is 22.4 Å². The number of nitrogens with zero attached hydrogens (tertiary/aromatic N) is 2. The van der Waals surface area contributed by atoms with Crippen LogP contribution in [0.15, 0.2) is 24.4 Å². The highest BCUT2D eigenvalue weighted by Crippen LogP contribution is 2.23. The smallest absolute Gasteiger partial charge is 0.341 e. The number of hydrogen-bond donors (Lipinski definition) is 1. The number of hydrogen-bond acceptors (Lipinski definition) is 4. The quantitative estimate of drug-likeness (QED) is 0.862. The van der Waals surface area contributed by atoms with Gasteiger partial charge in [0.25, 0.3) is 0 Å². The maximum Gasteiger partial charge on any atom is 0.341 e. The van der Waals surface area contributed by atoms with Crippen molar-refractivity contribution in [3.8, 4) is 0 Å². The molecule has 2 aromatic rings. The molecule has 0 radical (unpaired) electrons. The van der Waals surface area contributed by atoms with Crippen molar-refractivity contribution >= 4 is 23.3 Å². The number of esters is 1. The van der Waals surface area contributed by atoms with E-state index in [9.17, 15) is 9.18 Å². The molecule has 7 heteroatoms. The Bertz CT molecular complexity index is 658. The monoisotopic (exact) mass is 311 g/mol. The van der Waals surface area contributed by atoms with Gasteiger partial charge in [-0.05, 0) is 19.1 Å². The van der Waals surface area contributed by atoms with Gasteiger partial charge in [0, 0.05) is 7.05 Å². The number of benzene rings is 1. The zero-order chi connectivity index (χ0) is 15.4. The van der Waals surface area contributed by atoms with E-state index in [4.69, 9.17) is 16.3 Å². The minimum Gasteiger partial charge on any atom is -0.462 e. The van der Waals surface area contributed by atoms with Crippen molar-refractivity contribution in [3.63, 3.8) is 0 Å². The van der Waals surface area contributed by atoms with Crippen LogP contribution in [0.1, 0.15) is 23.0 Å². The van der Waals surface area contributed by atoms with Gasteiger partial charge in [0.1, 0.15) is 5.56 Å². The Balaban J connectivity index is 2.18. The van der Waals surface area contributed by atoms with Gasteiger partial charge in [-0.2, -0.15) is 5.10 Å². The summed E-state index contributed by atoms with van der Waals surface area (Å²) in [5.74, 6) is -0.979. The van der Waals surface area contributed by atoms with Crippen LogP contribution in [0.25, 0.3) is 0 Å². The van der Waals surface area contributed by atoms with Crippen LogP contribution in [0, 0.1) is 5.82 Å². The minimum absolute atomic E-state index is 0.0376. The molecule has 0 amide bonds. The van der Waals surface area contributed by atoms with E-state index in [-0.39, 0.29) is 23.9 Å². The van der Waals surface area contributed by atoms with Crippen molar-refractivity contribution in [1.82, 2.24) is 9.78 Å². The Kier molecular flexibility index (Phi) is 4.80. The first-order valence-electron chi connectivity index (χ1n) is 6.40. The zero-order valence-corrected chi connectivity index (χ0v) is 12.4. The maximum absolute atomic E-state index is 13.8. The van der Waals surface area contributed by atoms with Gasteiger partial charge in [0.05, 0.1) is 35.8 Å². The SMILES string of the molecule is CCOC(=O)c1cnn(C)c1CNc1cccc(Cl)c1F. The van der Waals surface area contributed by atoms with Gasteiger partial charge >= 0.3 is 5.97 Å². The summed E-state index contributed by atoms with van der Waals surface area (Å²) in [7, 11) is 1.70. The van der Waals surface area contributed by atoms with Crippen LogP contribution in [-0.2, 0) is 18.3 Å². The first-order chi connectivity index (χ1) is 10.0. The van der Waals surface area contributed by atoms with E-state index in [1.54, 1.807) is 30.8 Å². The number of aromatic nitrogens is 2. The van der Waals surface area contributed by atoms with E-state index in [1.807, 2.05) is 0 Å². The molecule has 0 bridgehead atoms. The Morgan fingerprint density at radius 2 is 2.29 bits per heavy atom. The second-order valence-corrected chi connectivity index (χ2v) is 4.71. The summed E-state index contributed by atoms with van der Waals surface area (Å²) in [6.07, 6.45) is 1.43. The van der Waals surface area contributed by atoms with Gasteiger partial charge in [-0.25, -0.2) is 9.18 Å². The summed E-state index contributed by atoms with van der Waals surface area (Å²) in [5.41, 5.74) is 1.22. The van der Waals surface area contributed by atoms with Crippen LogP contribution in [0.4, 0.5) is 10.1 Å². The molecular formula is C14H15ClFN3O2. The Hall–Kier alpha value is -2.08. The highest BCUT2D eigenvalue weighted by atomic mass is 35.5. The Morgan fingerprint density at radius 1 is 1.52 bits per heavy atom. The minimum atomic E-state index is -0.529. The second-order valence-electron chi connectivity index (χ2n) is 4.30. The first kappa shape index (κ1) is 15.3. The standard InChI is InChI=1S/C14H15ClFN3O2/c1-3-21-14(20)9-7-18-19(2)12(9)8-17-11-6-4-5-10(15)13(11)16/h4-7,17H,3,8H2,1-2H3. The number of ether oxygens (including phenoxy) is 1. The third kappa shape index (κ3) is 3.33. The molecule has 0 atom stereocenters. The molecule has 0 saturated carbocycles. The van der Waals surface area contributed by atoms with Crippen LogP contribution in [0.2, 0.25) is 5.02 Å². The van der Waals surface area contributed by atoms with Crippen LogP contribution >= 0.6 is 11.6 Å². The fourth-order valence-corrected chi connectivity index (χ4v) is 2.05. The van der Waals surface area contributed by atoms with Gasteiger partial charge in [0.15, 0.2) is 5.82 Å². The molecule has 0 unspecified atom stereocenters. The molecule has 0 spiro atoms. The molecular weight excluding hydrogens is 297 g/mol. The van der Waals surface area contributed by atoms with Gasteiger partial charge in [0.2, 0.25) is 0 Å². The molecule has 0 fully saturated rings. The Morgan fingerprint density at radius 3 is 3.00 bits per heavy atom. The van der Waals surface area contributed by atoms with E-state index in [2.05, 4.69) is 10.4 Å². The normalized spacial score (nSPS) is 10.5. The average Bonchev–Trinajstić information content (AvgIpc) is 2.82. The molecule has 1 aromatic carbocycles. The van der Waals surface area contributed by atoms with E-state index in [0.717, 1.165) is 0 Å². The first-order valence-corrected chi connectivity index (χ1v) is 6.78. The number of carbonyl (C=O) groups excluding carboxylic acids is 1. The third-order valence-electron chi connectivity index (χ3n) is 2.95. The number of carbonyl (C=O) groups is 1. The molecule has 0 aliphatic heterocycles. The lowest BCUT2D eigenvalue weighted by atomic mass is 10.2. The molecule has 0 aliphatic rings. The van der Waals surface area contributed by atoms with E-state index >= 15 is 0 Å². The molecule has 5 nitrogen and oxygen atoms in total. The summed E-state index contributed by atoms with van der Waals surface area (Å²) >= 11 is 5.72. The van der Waals surface area contributed by atoms with Crippen molar-refractivity contribution < 1.29 is 13.9 Å². The topological polar surface area (TPSA) is 56.1 Å². The van der Waals surface area contributed by atoms with Gasteiger partial charge < -0.3 is 10.1 Å². The molecule has 2 rings (SSSR count). The summed E-state index contributed by atoms with van der Waals surface area (Å²) in [4.78, 5) is 11.8. The zero-order valence-electron chi connectivity index (χ0n) is 11.7. The summed E-state index contributed by atoms with van der Waals surface area (Å²) in [6, 6.07) is 4.68. The van der Waals surface area contributed by atoms with Gasteiger partial charge in [-0.15, -0.1) is 0 Å². The Labute approximate surface area is 126 Å². The summed E-state index contributed by atoms with van der Waals surface area (Å²) in [5, 5.41) is 6.97. The van der Waals surface area contributed by atoms with Crippen LogP contribution in [0.3, 0.4) is 0 Å². The number of halogens is 2. The fraction of sp³-hybridized carbons (Fsp3) is 0.286. The molecule has 1 heterocycles. The molecule has 21 heavy (non-hydrogen) atoms. The van der Waals surface area contributed by atoms with Crippen molar-refractivity contribution in [3.05, 3.63) is 46.5 Å². The summed E-state index contributed by atoms with van der Waals surface area (Å²) in [6.45, 7) is 2.24. The number of aryl methyl sites for hydroxylation is 1. The van der Waals surface area contributed by atoms with Crippen LogP contribution in [0.5, 0.6) is 0 Å². The van der Waals surface area contributed by atoms with E-state index < -0.39 is 11.8 Å². The van der Waals surface area contributed by atoms with E-state index in [1.165, 1.54) is 12.3 Å². The van der Waals surface area contributed by atoms with Gasteiger partial charge in [-0.1, -0.05) is 17.7 Å². The number of anilines is 1. The van der Waals surface area contributed by atoms with Crippen LogP contribution < -0.4 is 5.32 Å². The van der Waals surface area contributed by atoms with Crippen molar-refractivity contribution in [1.29, 1.82) is 0 Å². The lowest BCUT2D eigenvalue weighted by Gasteiger charge is -2.10. The van der Waals surface area contributed by atoms with Crippen molar-refractivity contribution in [2.75, 3.05) is 11.9 Å². The molecule has 0 aliphatic carbocycles. The largest absolute Gasteiger partial charge is 0.462 e. The predicted molar refractivity (Wildman–Crippen MR) is 77.9 cm³/mol. The van der Waals surface area contributed by atoms with E-state index in [0.29, 0.717) is 11.3 Å². The highest BCUT2D eigenvalue weighted by Gasteiger charge is 2.17. The fourth-order valence-electron chi connectivity index (χ4n) is 1.87. The second kappa shape index (κ2) is 6.58. The number of nitrogens with one attached hydrogen (secondary N) is 1.